The summed E-state index contributed by atoms with van der Waals surface area (Å²) in [5.74, 6) is 0. The summed E-state index contributed by atoms with van der Waals surface area (Å²) in [6.07, 6.45) is -4.15. The third-order valence-electron chi connectivity index (χ3n) is 5.33. The van der Waals surface area contributed by atoms with Crippen LogP contribution in [0.15, 0.2) is 42.7 Å². The Labute approximate surface area is 179 Å². The Morgan fingerprint density at radius 2 is 1.52 bits per heavy atom. The lowest BCUT2D eigenvalue weighted by atomic mass is 9.85. The van der Waals surface area contributed by atoms with Gasteiger partial charge in [-0.3, -0.25) is 0 Å². The van der Waals surface area contributed by atoms with Crippen LogP contribution in [0, 0.1) is 0 Å². The minimum Gasteiger partial charge on any atom is -0.480 e. The lowest BCUT2D eigenvalue weighted by Crippen LogP contribution is -2.53. The predicted octanol–water partition coefficient (Wildman–Crippen LogP) is 6.63. The third-order valence-corrected chi connectivity index (χ3v) is 6.53. The van der Waals surface area contributed by atoms with E-state index in [1.807, 2.05) is 0 Å². The maximum atomic E-state index is 14.5. The van der Waals surface area contributed by atoms with E-state index in [-0.39, 0.29) is 33.7 Å². The fourth-order valence-corrected chi connectivity index (χ4v) is 4.11. The van der Waals surface area contributed by atoms with Gasteiger partial charge < -0.3 is 10.1 Å². The number of halogens is 7. The third kappa shape index (κ3) is 3.40. The number of benzene rings is 2. The number of hydrogen-bond donors (Lipinski definition) is 1. The highest BCUT2D eigenvalue weighted by atomic mass is 35.5. The summed E-state index contributed by atoms with van der Waals surface area (Å²) in [6, 6.07) is 8.58. The average molecular weight is 467 g/mol. The van der Waals surface area contributed by atoms with Crippen molar-refractivity contribution in [1.29, 1.82) is 0 Å². The van der Waals surface area contributed by atoms with Crippen LogP contribution >= 0.6 is 34.8 Å². The zero-order valence-electron chi connectivity index (χ0n) is 14.7. The molecule has 2 aliphatic rings. The topological polar surface area (TPSA) is 21.3 Å². The molecule has 2 aromatic carbocycles. The van der Waals surface area contributed by atoms with E-state index < -0.39 is 23.9 Å². The highest BCUT2D eigenvalue weighted by Crippen LogP contribution is 2.53. The summed E-state index contributed by atoms with van der Waals surface area (Å²) in [5, 5.41) is 2.65. The van der Waals surface area contributed by atoms with Crippen LogP contribution in [0.3, 0.4) is 0 Å². The molecule has 154 valence electrons. The Hall–Kier alpha value is -1.47. The normalized spacial score (nSPS) is 23.3. The van der Waals surface area contributed by atoms with E-state index in [0.717, 1.165) is 18.4 Å². The van der Waals surface area contributed by atoms with Crippen molar-refractivity contribution in [2.75, 3.05) is 13.1 Å². The molecule has 0 aliphatic carbocycles. The summed E-state index contributed by atoms with van der Waals surface area (Å²) in [7, 11) is 0. The van der Waals surface area contributed by atoms with Crippen molar-refractivity contribution in [2.45, 2.75) is 23.9 Å². The van der Waals surface area contributed by atoms with E-state index in [9.17, 15) is 17.6 Å². The Morgan fingerprint density at radius 3 is 2.00 bits per heavy atom. The smallest absolute Gasteiger partial charge is 0.432 e. The highest BCUT2D eigenvalue weighted by Gasteiger charge is 2.60. The lowest BCUT2D eigenvalue weighted by Gasteiger charge is -2.35. The molecule has 1 unspecified atom stereocenters. The second kappa shape index (κ2) is 7.05. The molecule has 4 rings (SSSR count). The van der Waals surface area contributed by atoms with Crippen LogP contribution in [-0.2, 0) is 16.0 Å². The van der Waals surface area contributed by atoms with Gasteiger partial charge in [-0.15, -0.1) is 0 Å². The molecule has 2 heterocycles. The summed E-state index contributed by atoms with van der Waals surface area (Å²) < 4.78 is 62.0. The summed E-state index contributed by atoms with van der Waals surface area (Å²) in [6.45, 7) is 0.431. The van der Waals surface area contributed by atoms with Crippen LogP contribution < -0.4 is 5.32 Å². The summed E-state index contributed by atoms with van der Waals surface area (Å²) in [5.41, 5.74) is -2.99. The van der Waals surface area contributed by atoms with Gasteiger partial charge in [-0.05, 0) is 28.8 Å². The minimum absolute atomic E-state index is 0.0261. The van der Waals surface area contributed by atoms with Gasteiger partial charge in [0.15, 0.2) is 5.67 Å². The van der Waals surface area contributed by atoms with Crippen molar-refractivity contribution in [1.82, 2.24) is 5.32 Å². The molecule has 9 heteroatoms. The molecule has 0 aromatic heterocycles. The van der Waals surface area contributed by atoms with Crippen molar-refractivity contribution < 1.29 is 22.3 Å². The molecule has 1 saturated heterocycles. The molecule has 1 atom stereocenters. The molecule has 1 N–H and O–H groups in total. The molecule has 0 bridgehead atoms. The van der Waals surface area contributed by atoms with E-state index in [4.69, 9.17) is 39.5 Å². The van der Waals surface area contributed by atoms with E-state index >= 15 is 0 Å². The van der Waals surface area contributed by atoms with E-state index in [1.54, 1.807) is 24.3 Å². The van der Waals surface area contributed by atoms with Crippen molar-refractivity contribution in [3.63, 3.8) is 0 Å². The molecule has 0 amide bonds. The molecule has 29 heavy (non-hydrogen) atoms. The standard InChI is InChI=1S/C20H14Cl3F4NO/c21-15-5-14(6-16(22)17(15)23)19(20(25,26)27)7-12(8-29-19)11-1-3-13(4-2-11)18(24)9-28-10-18/h1-6,8,28H,7,9-10H2. The number of ether oxygens (including phenoxy) is 1. The van der Waals surface area contributed by atoms with Crippen LogP contribution in [0.5, 0.6) is 0 Å². The molecule has 0 radical (unpaired) electrons. The molecule has 0 saturated carbocycles. The van der Waals surface area contributed by atoms with Gasteiger partial charge in [-0.25, -0.2) is 4.39 Å². The SMILES string of the molecule is FC1(c2ccc(C3=COC(c4cc(Cl)c(Cl)c(Cl)c4)(C(F)(F)F)C3)cc2)CNC1. The number of alkyl halides is 4. The number of hydrogen-bond acceptors (Lipinski definition) is 2. The van der Waals surface area contributed by atoms with Crippen molar-refractivity contribution in [3.05, 3.63) is 74.4 Å². The first-order valence-electron chi connectivity index (χ1n) is 8.65. The van der Waals surface area contributed by atoms with Crippen LogP contribution in [0.2, 0.25) is 15.1 Å². The second-order valence-electron chi connectivity index (χ2n) is 7.16. The highest BCUT2D eigenvalue weighted by molar-refractivity contribution is 6.48. The Morgan fingerprint density at radius 1 is 0.931 bits per heavy atom. The fraction of sp³-hybridized carbons (Fsp3) is 0.300. The number of nitrogens with one attached hydrogen (secondary N) is 1. The van der Waals surface area contributed by atoms with Gasteiger partial charge in [0.1, 0.15) is 0 Å². The molecular weight excluding hydrogens is 453 g/mol. The lowest BCUT2D eigenvalue weighted by molar-refractivity contribution is -0.260. The van der Waals surface area contributed by atoms with Gasteiger partial charge in [-0.1, -0.05) is 59.1 Å². The van der Waals surface area contributed by atoms with Gasteiger partial charge in [0, 0.05) is 25.1 Å². The van der Waals surface area contributed by atoms with Gasteiger partial charge in [0.2, 0.25) is 5.60 Å². The molecule has 0 spiro atoms. The van der Waals surface area contributed by atoms with Crippen molar-refractivity contribution in [3.8, 4) is 0 Å². The summed E-state index contributed by atoms with van der Waals surface area (Å²) >= 11 is 17.8. The zero-order valence-corrected chi connectivity index (χ0v) is 17.0. The first-order valence-corrected chi connectivity index (χ1v) is 9.78. The zero-order chi connectivity index (χ0) is 21.0. The van der Waals surface area contributed by atoms with Crippen molar-refractivity contribution in [2.24, 2.45) is 0 Å². The Bertz CT molecular complexity index is 963. The van der Waals surface area contributed by atoms with Gasteiger partial charge in [0.25, 0.3) is 0 Å². The Balaban J connectivity index is 1.67. The maximum Gasteiger partial charge on any atom is 0.432 e. The van der Waals surface area contributed by atoms with Gasteiger partial charge in [-0.2, -0.15) is 13.2 Å². The molecular formula is C20H14Cl3F4NO. The average Bonchev–Trinajstić information content (AvgIpc) is 3.11. The second-order valence-corrected chi connectivity index (χ2v) is 8.35. The maximum absolute atomic E-state index is 14.5. The first-order chi connectivity index (χ1) is 13.6. The van der Waals surface area contributed by atoms with Crippen LogP contribution in [0.25, 0.3) is 5.57 Å². The summed E-state index contributed by atoms with van der Waals surface area (Å²) in [4.78, 5) is 0. The van der Waals surface area contributed by atoms with Crippen molar-refractivity contribution >= 4 is 40.4 Å². The fourth-order valence-electron chi connectivity index (χ4n) is 3.51. The predicted molar refractivity (Wildman–Crippen MR) is 105 cm³/mol. The largest absolute Gasteiger partial charge is 0.480 e. The van der Waals surface area contributed by atoms with E-state index in [1.165, 1.54) is 0 Å². The molecule has 2 aromatic rings. The Kier molecular flexibility index (Phi) is 5.05. The molecule has 2 aliphatic heterocycles. The molecule has 2 nitrogen and oxygen atoms in total. The van der Waals surface area contributed by atoms with Crippen LogP contribution in [-0.4, -0.2) is 19.3 Å². The van der Waals surface area contributed by atoms with E-state index in [2.05, 4.69) is 5.32 Å². The minimum atomic E-state index is -4.74. The van der Waals surface area contributed by atoms with Gasteiger partial charge >= 0.3 is 6.18 Å². The molecule has 1 fully saturated rings. The quantitative estimate of drug-likeness (QED) is 0.405. The number of rotatable bonds is 3. The first kappa shape index (κ1) is 20.8. The van der Waals surface area contributed by atoms with E-state index in [0.29, 0.717) is 16.7 Å². The van der Waals surface area contributed by atoms with Crippen LogP contribution in [0.4, 0.5) is 17.6 Å². The monoisotopic (exact) mass is 465 g/mol. The van der Waals surface area contributed by atoms with Crippen LogP contribution in [0.1, 0.15) is 23.1 Å². The van der Waals surface area contributed by atoms with Gasteiger partial charge in [0.05, 0.1) is 21.3 Å².